The SMILES string of the molecule is O=C(CCn1nc(-c2cccs2)oc1=O)N1CCCC1c1ccc2c(c1)OCCCO2. The normalized spacial score (nSPS) is 18.2. The van der Waals surface area contributed by atoms with Gasteiger partial charge in [-0.15, -0.1) is 16.4 Å². The molecule has 2 aliphatic heterocycles. The number of aryl methyl sites for hydroxylation is 1. The highest BCUT2D eigenvalue weighted by atomic mass is 32.1. The lowest BCUT2D eigenvalue weighted by Crippen LogP contribution is -2.32. The van der Waals surface area contributed by atoms with Crippen LogP contribution in [0, 0.1) is 0 Å². The van der Waals surface area contributed by atoms with E-state index >= 15 is 0 Å². The van der Waals surface area contributed by atoms with Gasteiger partial charge in [0.25, 0.3) is 5.89 Å². The van der Waals surface area contributed by atoms with Crippen molar-refractivity contribution in [3.05, 3.63) is 51.8 Å². The largest absolute Gasteiger partial charge is 0.490 e. The monoisotopic (exact) mass is 441 g/mol. The molecule has 0 bridgehead atoms. The van der Waals surface area contributed by atoms with Gasteiger partial charge in [-0.2, -0.15) is 4.68 Å². The predicted molar refractivity (Wildman–Crippen MR) is 114 cm³/mol. The van der Waals surface area contributed by atoms with E-state index in [4.69, 9.17) is 13.9 Å². The molecule has 4 heterocycles. The number of nitrogens with zero attached hydrogens (tertiary/aromatic N) is 3. The molecule has 1 unspecified atom stereocenters. The summed E-state index contributed by atoms with van der Waals surface area (Å²) in [4.78, 5) is 27.8. The van der Waals surface area contributed by atoms with Crippen LogP contribution in [-0.4, -0.2) is 40.3 Å². The molecule has 162 valence electrons. The summed E-state index contributed by atoms with van der Waals surface area (Å²) in [6, 6.07) is 9.65. The lowest BCUT2D eigenvalue weighted by molar-refractivity contribution is -0.132. The number of aromatic nitrogens is 2. The number of carbonyl (C=O) groups excluding carboxylic acids is 1. The molecular formula is C22H23N3O5S. The number of thiophene rings is 1. The van der Waals surface area contributed by atoms with Crippen LogP contribution < -0.4 is 15.2 Å². The topological polar surface area (TPSA) is 86.8 Å². The molecule has 0 spiro atoms. The number of likely N-dealkylation sites (tertiary alicyclic amines) is 1. The Labute approximate surface area is 183 Å². The summed E-state index contributed by atoms with van der Waals surface area (Å²) >= 11 is 1.45. The first-order valence-electron chi connectivity index (χ1n) is 10.5. The molecular weight excluding hydrogens is 418 g/mol. The van der Waals surface area contributed by atoms with Gasteiger partial charge in [0.05, 0.1) is 30.7 Å². The van der Waals surface area contributed by atoms with Crippen LogP contribution in [0.4, 0.5) is 0 Å². The molecule has 2 aromatic heterocycles. The van der Waals surface area contributed by atoms with E-state index in [1.165, 1.54) is 16.0 Å². The van der Waals surface area contributed by atoms with Crippen molar-refractivity contribution in [1.82, 2.24) is 14.7 Å². The molecule has 9 heteroatoms. The molecule has 8 nitrogen and oxygen atoms in total. The van der Waals surface area contributed by atoms with Crippen molar-refractivity contribution < 1.29 is 18.7 Å². The van der Waals surface area contributed by atoms with Gasteiger partial charge in [0.2, 0.25) is 5.91 Å². The Morgan fingerprint density at radius 1 is 1.16 bits per heavy atom. The van der Waals surface area contributed by atoms with Gasteiger partial charge in [-0.05, 0) is 42.0 Å². The third-order valence-corrected chi connectivity index (χ3v) is 6.46. The van der Waals surface area contributed by atoms with Crippen LogP contribution >= 0.6 is 11.3 Å². The Kier molecular flexibility index (Phi) is 5.50. The lowest BCUT2D eigenvalue weighted by atomic mass is 10.0. The van der Waals surface area contributed by atoms with Crippen LogP contribution in [0.2, 0.25) is 0 Å². The minimum atomic E-state index is -0.544. The molecule has 1 amide bonds. The van der Waals surface area contributed by atoms with Crippen LogP contribution in [0.1, 0.15) is 37.3 Å². The fraction of sp³-hybridized carbons (Fsp3) is 0.409. The van der Waals surface area contributed by atoms with E-state index in [-0.39, 0.29) is 24.9 Å². The van der Waals surface area contributed by atoms with Gasteiger partial charge in [0.15, 0.2) is 11.5 Å². The molecule has 0 aliphatic carbocycles. The molecule has 1 fully saturated rings. The van der Waals surface area contributed by atoms with E-state index in [1.807, 2.05) is 40.6 Å². The van der Waals surface area contributed by atoms with Gasteiger partial charge >= 0.3 is 5.76 Å². The number of rotatable bonds is 5. The second-order valence-corrected chi connectivity index (χ2v) is 8.57. The fourth-order valence-corrected chi connectivity index (χ4v) is 4.74. The molecule has 1 atom stereocenters. The highest BCUT2D eigenvalue weighted by molar-refractivity contribution is 7.13. The highest BCUT2D eigenvalue weighted by Gasteiger charge is 2.30. The minimum Gasteiger partial charge on any atom is -0.490 e. The molecule has 3 aromatic rings. The van der Waals surface area contributed by atoms with Gasteiger partial charge in [0.1, 0.15) is 0 Å². The predicted octanol–water partition coefficient (Wildman–Crippen LogP) is 3.48. The Morgan fingerprint density at radius 3 is 2.87 bits per heavy atom. The van der Waals surface area contributed by atoms with Crippen LogP contribution in [0.5, 0.6) is 11.5 Å². The number of ether oxygens (including phenoxy) is 2. The summed E-state index contributed by atoms with van der Waals surface area (Å²) in [5.74, 6) is 1.24. The van der Waals surface area contributed by atoms with Gasteiger partial charge in [-0.3, -0.25) is 4.79 Å². The molecule has 0 radical (unpaired) electrons. The molecule has 2 aliphatic rings. The third-order valence-electron chi connectivity index (χ3n) is 5.61. The number of hydrogen-bond donors (Lipinski definition) is 0. The lowest BCUT2D eigenvalue weighted by Gasteiger charge is -2.25. The zero-order valence-electron chi connectivity index (χ0n) is 17.0. The summed E-state index contributed by atoms with van der Waals surface area (Å²) in [5.41, 5.74) is 1.05. The van der Waals surface area contributed by atoms with Crippen molar-refractivity contribution in [2.75, 3.05) is 19.8 Å². The zero-order valence-corrected chi connectivity index (χ0v) is 17.8. The highest BCUT2D eigenvalue weighted by Crippen LogP contribution is 2.38. The maximum absolute atomic E-state index is 13.0. The van der Waals surface area contributed by atoms with Crippen molar-refractivity contribution in [2.24, 2.45) is 0 Å². The molecule has 5 rings (SSSR count). The van der Waals surface area contributed by atoms with Crippen molar-refractivity contribution in [3.8, 4) is 22.3 Å². The molecule has 0 N–H and O–H groups in total. The molecule has 0 saturated carbocycles. The van der Waals surface area contributed by atoms with E-state index in [2.05, 4.69) is 5.10 Å². The number of benzene rings is 1. The van der Waals surface area contributed by atoms with Crippen LogP contribution in [0.15, 0.2) is 44.9 Å². The number of carbonyl (C=O) groups is 1. The quantitative estimate of drug-likeness (QED) is 0.603. The van der Waals surface area contributed by atoms with Gasteiger partial charge in [0, 0.05) is 19.4 Å². The first-order chi connectivity index (χ1) is 15.2. The van der Waals surface area contributed by atoms with Crippen molar-refractivity contribution in [2.45, 2.75) is 38.3 Å². The van der Waals surface area contributed by atoms with Gasteiger partial charge < -0.3 is 18.8 Å². The molecule has 31 heavy (non-hydrogen) atoms. The first kappa shape index (κ1) is 19.9. The summed E-state index contributed by atoms with van der Waals surface area (Å²) < 4.78 is 18.0. The fourth-order valence-electron chi connectivity index (χ4n) is 4.09. The van der Waals surface area contributed by atoms with Crippen molar-refractivity contribution in [1.29, 1.82) is 0 Å². The second-order valence-electron chi connectivity index (χ2n) is 7.63. The summed E-state index contributed by atoms with van der Waals surface area (Å²) in [5, 5.41) is 6.13. The van der Waals surface area contributed by atoms with Gasteiger partial charge in [-0.1, -0.05) is 12.1 Å². The number of amides is 1. The Balaban J connectivity index is 1.27. The third kappa shape index (κ3) is 4.10. The van der Waals surface area contributed by atoms with Crippen LogP contribution in [0.3, 0.4) is 0 Å². The Bertz CT molecular complexity index is 1120. The van der Waals surface area contributed by atoms with E-state index in [9.17, 15) is 9.59 Å². The van der Waals surface area contributed by atoms with E-state index in [1.54, 1.807) is 0 Å². The van der Waals surface area contributed by atoms with Crippen molar-refractivity contribution in [3.63, 3.8) is 0 Å². The smallest absolute Gasteiger partial charge is 0.437 e. The van der Waals surface area contributed by atoms with Crippen LogP contribution in [-0.2, 0) is 11.3 Å². The second kappa shape index (κ2) is 8.58. The Morgan fingerprint density at radius 2 is 2.03 bits per heavy atom. The zero-order chi connectivity index (χ0) is 21.2. The maximum atomic E-state index is 13.0. The number of fused-ring (bicyclic) bond motifs is 1. The van der Waals surface area contributed by atoms with Crippen LogP contribution in [0.25, 0.3) is 10.8 Å². The molecule has 1 saturated heterocycles. The minimum absolute atomic E-state index is 0.000337. The van der Waals surface area contributed by atoms with E-state index < -0.39 is 5.76 Å². The van der Waals surface area contributed by atoms with E-state index in [0.29, 0.717) is 25.6 Å². The average molecular weight is 442 g/mol. The Hall–Kier alpha value is -3.07. The molecule has 1 aromatic carbocycles. The standard InChI is InChI=1S/C22H23N3O5S/c26-20(8-10-25-22(27)30-21(23-25)19-5-2-13-31-19)24-9-1-4-16(24)15-6-7-17-18(14-15)29-12-3-11-28-17/h2,5-7,13-14,16H,1,3-4,8-12H2. The summed E-state index contributed by atoms with van der Waals surface area (Å²) in [7, 11) is 0. The average Bonchev–Trinajstić information content (AvgIpc) is 3.51. The first-order valence-corrected chi connectivity index (χ1v) is 11.4. The van der Waals surface area contributed by atoms with Gasteiger partial charge in [-0.25, -0.2) is 4.79 Å². The number of hydrogen-bond acceptors (Lipinski definition) is 7. The van der Waals surface area contributed by atoms with Crippen molar-refractivity contribution >= 4 is 17.2 Å². The summed E-state index contributed by atoms with van der Waals surface area (Å²) in [6.45, 7) is 2.17. The van der Waals surface area contributed by atoms with E-state index in [0.717, 1.165) is 41.2 Å². The summed E-state index contributed by atoms with van der Waals surface area (Å²) in [6.07, 6.45) is 2.89. The maximum Gasteiger partial charge on any atom is 0.437 e.